The summed E-state index contributed by atoms with van der Waals surface area (Å²) in [5.74, 6) is -1.26. The van der Waals surface area contributed by atoms with Gasteiger partial charge in [-0.25, -0.2) is 18.2 Å². The van der Waals surface area contributed by atoms with Crippen LogP contribution in [0.15, 0.2) is 61.2 Å². The van der Waals surface area contributed by atoms with E-state index in [9.17, 15) is 18.3 Å². The molecule has 0 bridgehead atoms. The van der Waals surface area contributed by atoms with Gasteiger partial charge < -0.3 is 5.11 Å². The van der Waals surface area contributed by atoms with E-state index in [2.05, 4.69) is 18.5 Å². The van der Waals surface area contributed by atoms with Crippen LogP contribution in [0.2, 0.25) is 0 Å². The van der Waals surface area contributed by atoms with Gasteiger partial charge in [0.25, 0.3) is 0 Å². The fourth-order valence-corrected chi connectivity index (χ4v) is 3.49. The molecule has 6 heteroatoms. The molecule has 2 nitrogen and oxygen atoms in total. The molecule has 0 amide bonds. The van der Waals surface area contributed by atoms with E-state index in [4.69, 9.17) is 0 Å². The number of hydrogen-bond acceptors (Lipinski definition) is 2. The van der Waals surface area contributed by atoms with E-state index in [0.29, 0.717) is 17.7 Å². The second-order valence-electron chi connectivity index (χ2n) is 7.73. The molecular formula is C28H29F3NNaO. The van der Waals surface area contributed by atoms with Crippen molar-refractivity contribution < 1.29 is 47.8 Å². The van der Waals surface area contributed by atoms with E-state index in [1.54, 1.807) is 25.1 Å². The quantitative estimate of drug-likeness (QED) is 0.397. The monoisotopic (exact) mass is 475 g/mol. The second-order valence-corrected chi connectivity index (χ2v) is 7.73. The van der Waals surface area contributed by atoms with Gasteiger partial charge in [0.1, 0.15) is 17.5 Å². The van der Waals surface area contributed by atoms with Gasteiger partial charge in [-0.3, -0.25) is 0 Å². The van der Waals surface area contributed by atoms with Crippen LogP contribution >= 0.6 is 0 Å². The number of hydrogen-bond donors (Lipinski definition) is 0. The van der Waals surface area contributed by atoms with Crippen LogP contribution in [-0.2, 0) is 6.42 Å². The van der Waals surface area contributed by atoms with Gasteiger partial charge in [-0.2, -0.15) is 0 Å². The number of halogens is 3. The molecule has 0 aliphatic rings. The van der Waals surface area contributed by atoms with Crippen molar-refractivity contribution in [2.75, 3.05) is 0 Å². The minimum absolute atomic E-state index is 0. The standard InChI is InChI=1S/C20H22FNO.C8H8F2.Na/c1-5-7-17(20-9-6-8-19(22-20)15(4)23)14(3)18-12-16(21)11-10-13(18)2;1-2-6-5-7(9)3-4-8(6)10;/h6,8-12,23H,4-5,7H2,1-3H3;3-5H,2H2,1H3;/q;;+1/p-1/b17-14-;;. The number of aromatic nitrogens is 1. The van der Waals surface area contributed by atoms with Crippen LogP contribution in [0.25, 0.3) is 16.9 Å². The molecule has 0 spiro atoms. The number of aryl methyl sites for hydroxylation is 2. The van der Waals surface area contributed by atoms with Crippen molar-refractivity contribution in [2.45, 2.75) is 47.0 Å². The number of rotatable bonds is 6. The molecule has 0 atom stereocenters. The van der Waals surface area contributed by atoms with Crippen molar-refractivity contribution >= 4 is 16.9 Å². The van der Waals surface area contributed by atoms with E-state index in [1.807, 2.05) is 26.0 Å². The Hall–Kier alpha value is -2.34. The summed E-state index contributed by atoms with van der Waals surface area (Å²) in [4.78, 5) is 4.43. The fraction of sp³-hybridized carbons (Fsp3) is 0.250. The maximum absolute atomic E-state index is 13.6. The van der Waals surface area contributed by atoms with Gasteiger partial charge >= 0.3 is 29.6 Å². The minimum Gasteiger partial charge on any atom is -0.871 e. The summed E-state index contributed by atoms with van der Waals surface area (Å²) in [7, 11) is 0. The minimum atomic E-state index is -0.377. The molecule has 0 radical (unpaired) electrons. The molecule has 0 saturated heterocycles. The predicted molar refractivity (Wildman–Crippen MR) is 128 cm³/mol. The third-order valence-corrected chi connectivity index (χ3v) is 5.29. The summed E-state index contributed by atoms with van der Waals surface area (Å²) in [6, 6.07) is 13.6. The van der Waals surface area contributed by atoms with Gasteiger partial charge in [-0.15, -0.1) is 6.58 Å². The zero-order chi connectivity index (χ0) is 24.5. The first-order valence-electron chi connectivity index (χ1n) is 10.9. The number of nitrogens with zero attached hydrogens (tertiary/aromatic N) is 1. The van der Waals surface area contributed by atoms with Crippen LogP contribution in [0, 0.1) is 24.4 Å². The molecule has 3 aromatic rings. The van der Waals surface area contributed by atoms with Crippen molar-refractivity contribution in [2.24, 2.45) is 0 Å². The maximum atomic E-state index is 13.6. The molecule has 1 aromatic heterocycles. The maximum Gasteiger partial charge on any atom is 1.00 e. The summed E-state index contributed by atoms with van der Waals surface area (Å²) < 4.78 is 38.6. The summed E-state index contributed by atoms with van der Waals surface area (Å²) in [6.07, 6.45) is 2.28. The molecule has 0 unspecified atom stereocenters. The van der Waals surface area contributed by atoms with Gasteiger partial charge in [-0.05, 0) is 97.0 Å². The molecular weight excluding hydrogens is 446 g/mol. The van der Waals surface area contributed by atoms with Crippen molar-refractivity contribution in [3.8, 4) is 0 Å². The molecule has 0 saturated carbocycles. The van der Waals surface area contributed by atoms with E-state index < -0.39 is 0 Å². The van der Waals surface area contributed by atoms with Gasteiger partial charge in [0, 0.05) is 0 Å². The number of allylic oxidation sites excluding steroid dienone is 2. The van der Waals surface area contributed by atoms with Crippen LogP contribution < -0.4 is 34.7 Å². The molecule has 34 heavy (non-hydrogen) atoms. The summed E-state index contributed by atoms with van der Waals surface area (Å²) >= 11 is 0. The zero-order valence-electron chi connectivity index (χ0n) is 20.5. The largest absolute Gasteiger partial charge is 1.00 e. The topological polar surface area (TPSA) is 36.0 Å². The Balaban J connectivity index is 0.000000442. The van der Waals surface area contributed by atoms with Crippen molar-refractivity contribution in [3.63, 3.8) is 0 Å². The normalized spacial score (nSPS) is 11.0. The third-order valence-electron chi connectivity index (χ3n) is 5.29. The molecule has 0 fully saturated rings. The summed E-state index contributed by atoms with van der Waals surface area (Å²) in [5, 5.41) is 11.5. The van der Waals surface area contributed by atoms with Crippen molar-refractivity contribution in [1.82, 2.24) is 4.98 Å². The predicted octanol–water partition coefficient (Wildman–Crippen LogP) is 4.12. The first kappa shape index (κ1) is 29.7. The SMILES string of the molecule is C=C([O-])c1cccc(/C(CCC)=C(/C)c2cc(F)ccc2C)n1.CCc1cc(F)ccc1F.[Na+]. The van der Waals surface area contributed by atoms with E-state index in [0.717, 1.165) is 52.9 Å². The van der Waals surface area contributed by atoms with Gasteiger partial charge in [0.15, 0.2) is 0 Å². The van der Waals surface area contributed by atoms with Crippen LogP contribution in [0.3, 0.4) is 0 Å². The van der Waals surface area contributed by atoms with E-state index in [-0.39, 0.29) is 52.8 Å². The number of pyridine rings is 1. The Morgan fingerprint density at radius 1 is 0.941 bits per heavy atom. The van der Waals surface area contributed by atoms with Crippen LogP contribution in [-0.4, -0.2) is 4.98 Å². The Morgan fingerprint density at radius 3 is 2.15 bits per heavy atom. The fourth-order valence-electron chi connectivity index (χ4n) is 3.49. The molecule has 0 aliphatic carbocycles. The van der Waals surface area contributed by atoms with Crippen molar-refractivity contribution in [1.29, 1.82) is 0 Å². The first-order valence-corrected chi connectivity index (χ1v) is 10.9. The average molecular weight is 476 g/mol. The summed E-state index contributed by atoms with van der Waals surface area (Å²) in [6.45, 7) is 11.2. The van der Waals surface area contributed by atoms with Crippen molar-refractivity contribution in [3.05, 3.63) is 107 Å². The van der Waals surface area contributed by atoms with Crippen LogP contribution in [0.4, 0.5) is 13.2 Å². The Bertz CT molecular complexity index is 1160. The summed E-state index contributed by atoms with van der Waals surface area (Å²) in [5.41, 5.74) is 5.44. The number of benzene rings is 2. The van der Waals surface area contributed by atoms with Crippen LogP contribution in [0.1, 0.15) is 61.7 Å². The zero-order valence-corrected chi connectivity index (χ0v) is 22.5. The van der Waals surface area contributed by atoms with Gasteiger partial charge in [-0.1, -0.05) is 38.2 Å². The second kappa shape index (κ2) is 14.1. The Labute approximate surface area is 222 Å². The smallest absolute Gasteiger partial charge is 0.871 e. The first-order chi connectivity index (χ1) is 15.7. The molecule has 3 rings (SSSR count). The Kier molecular flexibility index (Phi) is 12.4. The Morgan fingerprint density at radius 2 is 1.56 bits per heavy atom. The van der Waals surface area contributed by atoms with Gasteiger partial charge in [0.2, 0.25) is 0 Å². The molecule has 1 heterocycles. The van der Waals surface area contributed by atoms with Gasteiger partial charge in [0.05, 0.1) is 11.4 Å². The average Bonchev–Trinajstić information content (AvgIpc) is 2.80. The third kappa shape index (κ3) is 8.15. The van der Waals surface area contributed by atoms with E-state index in [1.165, 1.54) is 12.1 Å². The molecule has 0 aliphatic heterocycles. The molecule has 2 aromatic carbocycles. The molecule has 0 N–H and O–H groups in total. The molecule has 174 valence electrons. The van der Waals surface area contributed by atoms with Crippen LogP contribution in [0.5, 0.6) is 0 Å². The van der Waals surface area contributed by atoms with E-state index >= 15 is 0 Å².